The molecule has 0 aromatic heterocycles. The quantitative estimate of drug-likeness (QED) is 0.359. The van der Waals surface area contributed by atoms with Crippen LogP contribution in [0.2, 0.25) is 5.02 Å². The fraction of sp³-hybridized carbons (Fsp3) is 0.481. The van der Waals surface area contributed by atoms with Gasteiger partial charge in [0.25, 0.3) is 5.91 Å². The van der Waals surface area contributed by atoms with Gasteiger partial charge in [0.05, 0.1) is 21.9 Å². The number of benzene rings is 2. The van der Waals surface area contributed by atoms with Gasteiger partial charge in [0.15, 0.2) is 9.84 Å². The summed E-state index contributed by atoms with van der Waals surface area (Å²) in [5.41, 5.74) is -2.04. The number of carbonyl (C=O) groups excluding carboxylic acids is 2. The average molecular weight is 683 g/mol. The van der Waals surface area contributed by atoms with E-state index in [1.165, 1.54) is 43.1 Å². The van der Waals surface area contributed by atoms with E-state index in [4.69, 9.17) is 16.3 Å². The summed E-state index contributed by atoms with van der Waals surface area (Å²) < 4.78 is 73.5. The van der Waals surface area contributed by atoms with Crippen molar-refractivity contribution < 1.29 is 35.9 Å². The Bertz CT molecular complexity index is 1420. The van der Waals surface area contributed by atoms with Gasteiger partial charge in [-0.05, 0) is 56.7 Å². The Hall–Kier alpha value is -2.35. The molecule has 3 rings (SSSR count). The van der Waals surface area contributed by atoms with Crippen molar-refractivity contribution in [2.75, 3.05) is 43.9 Å². The van der Waals surface area contributed by atoms with Crippen LogP contribution in [0.5, 0.6) is 0 Å². The molecule has 14 heteroatoms. The van der Waals surface area contributed by atoms with Crippen LogP contribution >= 0.6 is 27.5 Å². The molecule has 1 heterocycles. The van der Waals surface area contributed by atoms with Crippen molar-refractivity contribution in [2.24, 2.45) is 0 Å². The third-order valence-corrected chi connectivity index (χ3v) is 9.17. The Balaban J connectivity index is 1.89. The summed E-state index contributed by atoms with van der Waals surface area (Å²) >= 11 is 9.29. The maximum Gasteiger partial charge on any atom is 0.416 e. The summed E-state index contributed by atoms with van der Waals surface area (Å²) in [7, 11) is -2.49. The molecule has 0 radical (unpaired) electrons. The second-order valence-electron chi connectivity index (χ2n) is 10.6. The molecule has 2 aromatic rings. The van der Waals surface area contributed by atoms with Gasteiger partial charge < -0.3 is 14.5 Å². The molecule has 0 N–H and O–H groups in total. The highest BCUT2D eigenvalue weighted by Crippen LogP contribution is 2.38. The molecule has 226 valence electrons. The Morgan fingerprint density at radius 2 is 1.68 bits per heavy atom. The molecule has 41 heavy (non-hydrogen) atoms. The normalized spacial score (nSPS) is 15.1. The lowest BCUT2D eigenvalue weighted by atomic mass is 10.0. The molecule has 0 spiro atoms. The van der Waals surface area contributed by atoms with Crippen LogP contribution in [0.3, 0.4) is 0 Å². The number of sulfone groups is 1. The van der Waals surface area contributed by atoms with Crippen molar-refractivity contribution in [2.45, 2.75) is 50.9 Å². The number of ether oxygens (including phenoxy) is 1. The van der Waals surface area contributed by atoms with Gasteiger partial charge in [0, 0.05) is 54.8 Å². The lowest BCUT2D eigenvalue weighted by Crippen LogP contribution is -2.49. The van der Waals surface area contributed by atoms with E-state index in [0.29, 0.717) is 13.1 Å². The smallest absolute Gasteiger partial charge is 0.416 e. The summed E-state index contributed by atoms with van der Waals surface area (Å²) in [5, 5.41) is 0.161. The number of anilines is 1. The zero-order chi connectivity index (χ0) is 30.9. The van der Waals surface area contributed by atoms with Crippen molar-refractivity contribution in [1.29, 1.82) is 0 Å². The Kier molecular flexibility index (Phi) is 10.1. The average Bonchev–Trinajstić information content (AvgIpc) is 2.87. The molecular weight excluding hydrogens is 651 g/mol. The minimum Gasteiger partial charge on any atom is -0.444 e. The maximum absolute atomic E-state index is 14.3. The second-order valence-corrected chi connectivity index (χ2v) is 14.1. The van der Waals surface area contributed by atoms with Crippen molar-refractivity contribution in [3.8, 4) is 0 Å². The van der Waals surface area contributed by atoms with Crippen LogP contribution in [0.25, 0.3) is 0 Å². The lowest BCUT2D eigenvalue weighted by Gasteiger charge is -2.36. The minimum atomic E-state index is -4.78. The van der Waals surface area contributed by atoms with E-state index < -0.39 is 39.2 Å². The SMILES string of the molecule is CCS(=O)(=O)c1ccc(Cl)cc1N(C)C(=O)c1cc(Br)c(CN2CCN(C(=O)OC(C)(C)C)CC2)c(C(F)(F)F)c1. The van der Waals surface area contributed by atoms with E-state index in [9.17, 15) is 31.2 Å². The van der Waals surface area contributed by atoms with Gasteiger partial charge in [-0.25, -0.2) is 13.2 Å². The van der Waals surface area contributed by atoms with Crippen LogP contribution in [-0.2, 0) is 27.3 Å². The van der Waals surface area contributed by atoms with Gasteiger partial charge in [0.2, 0.25) is 0 Å². The lowest BCUT2D eigenvalue weighted by molar-refractivity contribution is -0.138. The number of amides is 2. The van der Waals surface area contributed by atoms with Gasteiger partial charge in [-0.3, -0.25) is 9.69 Å². The number of rotatable bonds is 6. The first-order valence-electron chi connectivity index (χ1n) is 12.7. The Labute approximate surface area is 251 Å². The Morgan fingerprint density at radius 1 is 1.07 bits per heavy atom. The van der Waals surface area contributed by atoms with E-state index in [-0.39, 0.29) is 56.6 Å². The summed E-state index contributed by atoms with van der Waals surface area (Å²) in [6.45, 7) is 7.87. The number of hydrogen-bond donors (Lipinski definition) is 0. The van der Waals surface area contributed by atoms with E-state index in [1.807, 2.05) is 0 Å². The van der Waals surface area contributed by atoms with E-state index >= 15 is 0 Å². The number of piperazine rings is 1. The summed E-state index contributed by atoms with van der Waals surface area (Å²) in [4.78, 5) is 29.9. The molecule has 1 fully saturated rings. The van der Waals surface area contributed by atoms with Crippen LogP contribution < -0.4 is 4.90 Å². The zero-order valence-electron chi connectivity index (χ0n) is 23.3. The van der Waals surface area contributed by atoms with Crippen molar-refractivity contribution in [3.05, 3.63) is 56.5 Å². The fourth-order valence-electron chi connectivity index (χ4n) is 4.29. The summed E-state index contributed by atoms with van der Waals surface area (Å²) in [6, 6.07) is 5.98. The highest BCUT2D eigenvalue weighted by atomic mass is 79.9. The molecule has 0 saturated carbocycles. The maximum atomic E-state index is 14.3. The van der Waals surface area contributed by atoms with Gasteiger partial charge >= 0.3 is 12.3 Å². The topological polar surface area (TPSA) is 87.2 Å². The molecular formula is C27H32BrClF3N3O5S. The number of alkyl halides is 3. The third kappa shape index (κ3) is 8.14. The third-order valence-electron chi connectivity index (χ3n) is 6.46. The van der Waals surface area contributed by atoms with Crippen LogP contribution in [-0.4, -0.2) is 74.8 Å². The highest BCUT2D eigenvalue weighted by molar-refractivity contribution is 9.10. The number of hydrogen-bond acceptors (Lipinski definition) is 6. The van der Waals surface area contributed by atoms with Crippen molar-refractivity contribution in [3.63, 3.8) is 0 Å². The fourth-order valence-corrected chi connectivity index (χ4v) is 6.14. The first-order valence-corrected chi connectivity index (χ1v) is 15.6. The van der Waals surface area contributed by atoms with E-state index in [0.717, 1.165) is 11.0 Å². The molecule has 2 amide bonds. The van der Waals surface area contributed by atoms with Crippen molar-refractivity contribution >= 4 is 55.1 Å². The minimum absolute atomic E-state index is 0.0408. The molecule has 0 aliphatic carbocycles. The highest BCUT2D eigenvalue weighted by Gasteiger charge is 2.37. The molecule has 1 saturated heterocycles. The van der Waals surface area contributed by atoms with E-state index in [2.05, 4.69) is 15.9 Å². The molecule has 2 aromatic carbocycles. The number of carbonyl (C=O) groups is 2. The standard InChI is InChI=1S/C27H32BrClF3N3O5S/c1-6-41(38,39)23-8-7-18(29)15-22(23)33(5)24(36)17-13-20(27(30,31)32)19(21(28)14-17)16-34-9-11-35(12-10-34)25(37)40-26(2,3)4/h7-8,13-15H,6,9-12,16H2,1-5H3. The largest absolute Gasteiger partial charge is 0.444 e. The van der Waals surface area contributed by atoms with Gasteiger partial charge in [-0.1, -0.05) is 34.5 Å². The second kappa shape index (κ2) is 12.5. The number of nitrogens with zero attached hydrogens (tertiary/aromatic N) is 3. The molecule has 1 aliphatic heterocycles. The molecule has 0 bridgehead atoms. The summed E-state index contributed by atoms with van der Waals surface area (Å²) in [5.74, 6) is -1.09. The molecule has 0 atom stereocenters. The first kappa shape index (κ1) is 33.2. The van der Waals surface area contributed by atoms with Gasteiger partial charge in [-0.15, -0.1) is 0 Å². The van der Waals surface area contributed by atoms with Gasteiger partial charge in [0.1, 0.15) is 5.60 Å². The Morgan fingerprint density at radius 3 is 2.22 bits per heavy atom. The monoisotopic (exact) mass is 681 g/mol. The number of halogens is 5. The zero-order valence-corrected chi connectivity index (χ0v) is 26.5. The van der Waals surface area contributed by atoms with Crippen LogP contribution in [0.1, 0.15) is 49.2 Å². The van der Waals surface area contributed by atoms with Crippen LogP contribution in [0.4, 0.5) is 23.7 Å². The molecule has 0 unspecified atom stereocenters. The predicted molar refractivity (Wildman–Crippen MR) is 154 cm³/mol. The van der Waals surface area contributed by atoms with Crippen LogP contribution in [0, 0.1) is 0 Å². The molecule has 8 nitrogen and oxygen atoms in total. The predicted octanol–water partition coefficient (Wildman–Crippen LogP) is 6.24. The first-order chi connectivity index (χ1) is 18.8. The van der Waals surface area contributed by atoms with Crippen molar-refractivity contribution in [1.82, 2.24) is 9.80 Å². The molecule has 1 aliphatic rings. The van der Waals surface area contributed by atoms with Crippen LogP contribution in [0.15, 0.2) is 39.7 Å². The van der Waals surface area contributed by atoms with Gasteiger partial charge in [-0.2, -0.15) is 13.2 Å². The van der Waals surface area contributed by atoms with E-state index in [1.54, 1.807) is 25.7 Å². The summed E-state index contributed by atoms with van der Waals surface area (Å²) in [6.07, 6.45) is -5.26.